The van der Waals surface area contributed by atoms with Crippen molar-refractivity contribution in [1.82, 2.24) is 14.8 Å². The molecule has 1 atom stereocenters. The van der Waals surface area contributed by atoms with Gasteiger partial charge in [-0.1, -0.05) is 27.7 Å². The third-order valence-corrected chi connectivity index (χ3v) is 4.41. The summed E-state index contributed by atoms with van der Waals surface area (Å²) in [5.74, 6) is 1.79. The van der Waals surface area contributed by atoms with E-state index in [-0.39, 0.29) is 23.3 Å². The molecule has 1 aromatic heterocycles. The van der Waals surface area contributed by atoms with Gasteiger partial charge in [-0.05, 0) is 29.9 Å². The van der Waals surface area contributed by atoms with Gasteiger partial charge in [0.1, 0.15) is 0 Å². The molecule has 1 aromatic carbocycles. The van der Waals surface area contributed by atoms with Crippen LogP contribution in [-0.2, 0) is 0 Å². The molecule has 0 aliphatic rings. The molecule has 0 aliphatic heterocycles. The molecule has 0 radical (unpaired) electrons. The van der Waals surface area contributed by atoms with Crippen LogP contribution < -0.4 is 18.9 Å². The molecule has 0 spiro atoms. The van der Waals surface area contributed by atoms with Crippen molar-refractivity contribution in [2.45, 2.75) is 40.5 Å². The summed E-state index contributed by atoms with van der Waals surface area (Å²) >= 11 is 0. The summed E-state index contributed by atoms with van der Waals surface area (Å²) in [4.78, 5) is 17.4. The molecule has 1 unspecified atom stereocenters. The third kappa shape index (κ3) is 5.40. The first-order valence-corrected chi connectivity index (χ1v) is 9.48. The van der Waals surface area contributed by atoms with Crippen molar-refractivity contribution in [2.24, 2.45) is 11.3 Å². The molecule has 0 bridgehead atoms. The Kier molecular flexibility index (Phi) is 7.11. The smallest absolute Gasteiger partial charge is 0.336 e. The zero-order valence-corrected chi connectivity index (χ0v) is 18.5. The standard InChI is InChI=1S/C21H31N3O5/c1-13(12-21(2,3)4)9-17(25)24-19(22-20(23-24)29-8)14-10-15(26-5)18(28-7)16(11-14)27-6/h10-11,13H,9,12H2,1-8H3. The van der Waals surface area contributed by atoms with Crippen LogP contribution in [0.4, 0.5) is 0 Å². The minimum absolute atomic E-state index is 0.116. The lowest BCUT2D eigenvalue weighted by atomic mass is 9.84. The lowest BCUT2D eigenvalue weighted by molar-refractivity contribution is 0.0856. The zero-order chi connectivity index (χ0) is 21.8. The molecule has 8 nitrogen and oxygen atoms in total. The molecule has 0 N–H and O–H groups in total. The van der Waals surface area contributed by atoms with Gasteiger partial charge in [0.2, 0.25) is 11.7 Å². The Morgan fingerprint density at radius 3 is 2.07 bits per heavy atom. The summed E-state index contributed by atoms with van der Waals surface area (Å²) in [6, 6.07) is 3.57. The number of nitrogens with zero attached hydrogens (tertiary/aromatic N) is 3. The van der Waals surface area contributed by atoms with Crippen LogP contribution in [0, 0.1) is 11.3 Å². The largest absolute Gasteiger partial charge is 0.493 e. The van der Waals surface area contributed by atoms with Crippen molar-refractivity contribution < 1.29 is 23.7 Å². The first-order valence-electron chi connectivity index (χ1n) is 9.48. The molecule has 2 aromatic rings. The van der Waals surface area contributed by atoms with Gasteiger partial charge in [-0.2, -0.15) is 9.67 Å². The fourth-order valence-corrected chi connectivity index (χ4v) is 3.45. The van der Waals surface area contributed by atoms with E-state index in [0.717, 1.165) is 6.42 Å². The molecule has 2 rings (SSSR count). The Balaban J connectivity index is 2.47. The monoisotopic (exact) mass is 405 g/mol. The van der Waals surface area contributed by atoms with Gasteiger partial charge < -0.3 is 18.9 Å². The number of hydrogen-bond acceptors (Lipinski definition) is 7. The highest BCUT2D eigenvalue weighted by Gasteiger charge is 2.24. The average molecular weight is 405 g/mol. The Labute approximate surface area is 172 Å². The second-order valence-electron chi connectivity index (χ2n) is 8.22. The van der Waals surface area contributed by atoms with E-state index in [0.29, 0.717) is 35.1 Å². The first kappa shape index (κ1) is 22.5. The molecule has 0 saturated carbocycles. The van der Waals surface area contributed by atoms with Crippen molar-refractivity contribution in [1.29, 1.82) is 0 Å². The van der Waals surface area contributed by atoms with Gasteiger partial charge in [-0.15, -0.1) is 5.10 Å². The van der Waals surface area contributed by atoms with E-state index in [1.54, 1.807) is 12.1 Å². The fraction of sp³-hybridized carbons (Fsp3) is 0.571. The van der Waals surface area contributed by atoms with Gasteiger partial charge in [-0.25, -0.2) is 0 Å². The molecule has 29 heavy (non-hydrogen) atoms. The zero-order valence-electron chi connectivity index (χ0n) is 18.5. The molecular weight excluding hydrogens is 374 g/mol. The van der Waals surface area contributed by atoms with E-state index in [9.17, 15) is 4.79 Å². The van der Waals surface area contributed by atoms with Crippen molar-refractivity contribution in [3.63, 3.8) is 0 Å². The second-order valence-corrected chi connectivity index (χ2v) is 8.22. The Morgan fingerprint density at radius 1 is 1.03 bits per heavy atom. The van der Waals surface area contributed by atoms with E-state index in [2.05, 4.69) is 37.8 Å². The highest BCUT2D eigenvalue weighted by atomic mass is 16.5. The van der Waals surface area contributed by atoms with Crippen LogP contribution in [0.2, 0.25) is 0 Å². The van der Waals surface area contributed by atoms with Gasteiger partial charge in [-0.3, -0.25) is 4.79 Å². The Bertz CT molecular complexity index is 829. The minimum atomic E-state index is -0.152. The highest BCUT2D eigenvalue weighted by molar-refractivity contribution is 5.83. The summed E-state index contributed by atoms with van der Waals surface area (Å²) in [7, 11) is 6.06. The summed E-state index contributed by atoms with van der Waals surface area (Å²) in [5, 5.41) is 4.23. The van der Waals surface area contributed by atoms with E-state index in [4.69, 9.17) is 18.9 Å². The first-order chi connectivity index (χ1) is 13.6. The molecule has 160 valence electrons. The summed E-state index contributed by atoms with van der Waals surface area (Å²) in [5.41, 5.74) is 0.742. The van der Waals surface area contributed by atoms with Gasteiger partial charge in [0, 0.05) is 12.0 Å². The number of methoxy groups -OCH3 is 4. The van der Waals surface area contributed by atoms with Crippen molar-refractivity contribution >= 4 is 5.91 Å². The lowest BCUT2D eigenvalue weighted by Gasteiger charge is -2.22. The molecule has 0 saturated heterocycles. The van der Waals surface area contributed by atoms with Crippen molar-refractivity contribution in [2.75, 3.05) is 28.4 Å². The number of carbonyl (C=O) groups excluding carboxylic acids is 1. The second kappa shape index (κ2) is 9.15. The maximum Gasteiger partial charge on any atom is 0.336 e. The van der Waals surface area contributed by atoms with Crippen LogP contribution in [0.25, 0.3) is 11.4 Å². The minimum Gasteiger partial charge on any atom is -0.493 e. The average Bonchev–Trinajstić information content (AvgIpc) is 3.09. The van der Waals surface area contributed by atoms with Crippen LogP contribution in [0.1, 0.15) is 45.3 Å². The molecule has 8 heteroatoms. The predicted molar refractivity (Wildman–Crippen MR) is 110 cm³/mol. The SMILES string of the molecule is COc1nc(-c2cc(OC)c(OC)c(OC)c2)n(C(=O)CC(C)CC(C)(C)C)n1. The van der Waals surface area contributed by atoms with Gasteiger partial charge >= 0.3 is 6.01 Å². The van der Waals surface area contributed by atoms with Crippen molar-refractivity contribution in [3.05, 3.63) is 12.1 Å². The number of hydrogen-bond donors (Lipinski definition) is 0. The molecular formula is C21H31N3O5. The molecule has 1 heterocycles. The van der Waals surface area contributed by atoms with Gasteiger partial charge in [0.25, 0.3) is 0 Å². The number of rotatable bonds is 8. The van der Waals surface area contributed by atoms with Crippen LogP contribution in [0.15, 0.2) is 12.1 Å². The van der Waals surface area contributed by atoms with E-state index >= 15 is 0 Å². The van der Waals surface area contributed by atoms with Gasteiger partial charge in [0.15, 0.2) is 17.3 Å². The Morgan fingerprint density at radius 2 is 1.62 bits per heavy atom. The number of carbonyl (C=O) groups is 1. The highest BCUT2D eigenvalue weighted by Crippen LogP contribution is 2.41. The van der Waals surface area contributed by atoms with E-state index < -0.39 is 0 Å². The van der Waals surface area contributed by atoms with Crippen LogP contribution in [0.3, 0.4) is 0 Å². The van der Waals surface area contributed by atoms with Crippen LogP contribution >= 0.6 is 0 Å². The molecule has 0 fully saturated rings. The third-order valence-electron chi connectivity index (χ3n) is 4.41. The fourth-order valence-electron chi connectivity index (χ4n) is 3.45. The topological polar surface area (TPSA) is 84.7 Å². The summed E-state index contributed by atoms with van der Waals surface area (Å²) in [6.45, 7) is 8.55. The number of ether oxygens (including phenoxy) is 4. The predicted octanol–water partition coefficient (Wildman–Crippen LogP) is 4.08. The quantitative estimate of drug-likeness (QED) is 0.654. The van der Waals surface area contributed by atoms with Gasteiger partial charge in [0.05, 0.1) is 28.4 Å². The van der Waals surface area contributed by atoms with Crippen LogP contribution in [0.5, 0.6) is 23.3 Å². The van der Waals surface area contributed by atoms with Crippen LogP contribution in [-0.4, -0.2) is 49.1 Å². The van der Waals surface area contributed by atoms with E-state index in [1.165, 1.54) is 33.1 Å². The lowest BCUT2D eigenvalue weighted by Crippen LogP contribution is -2.20. The summed E-state index contributed by atoms with van der Waals surface area (Å²) in [6.07, 6.45) is 1.27. The maximum atomic E-state index is 13.0. The molecule has 0 amide bonds. The number of benzene rings is 1. The summed E-state index contributed by atoms with van der Waals surface area (Å²) < 4.78 is 22.7. The van der Waals surface area contributed by atoms with E-state index in [1.807, 2.05) is 0 Å². The van der Waals surface area contributed by atoms with Crippen molar-refractivity contribution in [3.8, 4) is 34.6 Å². The normalized spacial score (nSPS) is 12.4. The molecule has 0 aliphatic carbocycles. The Hall–Kier alpha value is -2.77. The number of aromatic nitrogens is 3. The maximum absolute atomic E-state index is 13.0.